The Hall–Kier alpha value is -2.02. The van der Waals surface area contributed by atoms with Crippen molar-refractivity contribution in [3.63, 3.8) is 0 Å². The molecule has 0 bridgehead atoms. The van der Waals surface area contributed by atoms with Crippen molar-refractivity contribution < 1.29 is 9.59 Å². The minimum atomic E-state index is 0.0191. The fourth-order valence-electron chi connectivity index (χ4n) is 0.828. The number of aliphatic imine (C=N–C) groups is 2. The monoisotopic (exact) mass is 173 g/mol. The van der Waals surface area contributed by atoms with Gasteiger partial charge in [-0.3, -0.25) is 0 Å². The molecule has 0 aliphatic heterocycles. The largest absolute Gasteiger partial charge is 0.250 e. The van der Waals surface area contributed by atoms with E-state index < -0.39 is 0 Å². The van der Waals surface area contributed by atoms with Crippen LogP contribution in [0.2, 0.25) is 0 Å². The molecular weight excluding hydrogens is 168 g/mol. The van der Waals surface area contributed by atoms with Crippen LogP contribution < -0.4 is 0 Å². The summed E-state index contributed by atoms with van der Waals surface area (Å²) in [6, 6.07) is 8.65. The molecule has 0 aliphatic carbocycles. The molecule has 1 aromatic carbocycles. The first-order valence-electron chi connectivity index (χ1n) is 3.46. The molecule has 0 saturated heterocycles. The summed E-state index contributed by atoms with van der Waals surface area (Å²) in [7, 11) is 0. The lowest BCUT2D eigenvalue weighted by Gasteiger charge is -1.99. The van der Waals surface area contributed by atoms with Crippen molar-refractivity contribution in [2.24, 2.45) is 9.98 Å². The van der Waals surface area contributed by atoms with E-state index in [1.807, 2.05) is 0 Å². The summed E-state index contributed by atoms with van der Waals surface area (Å²) >= 11 is 0. The van der Waals surface area contributed by atoms with Crippen molar-refractivity contribution >= 4 is 12.2 Å². The lowest BCUT2D eigenvalue weighted by molar-refractivity contribution is 0.561. The van der Waals surface area contributed by atoms with Gasteiger partial charge in [-0.05, 0) is 0 Å². The van der Waals surface area contributed by atoms with Crippen LogP contribution in [0.4, 0.5) is 0 Å². The van der Waals surface area contributed by atoms with E-state index in [0.717, 1.165) is 0 Å². The zero-order valence-electron chi connectivity index (χ0n) is 6.60. The summed E-state index contributed by atoms with van der Waals surface area (Å²) in [5.74, 6) is 0. The minimum absolute atomic E-state index is 0.0191. The Morgan fingerprint density at radius 2 is 1.54 bits per heavy atom. The van der Waals surface area contributed by atoms with Gasteiger partial charge >= 0.3 is 0 Å². The summed E-state index contributed by atoms with van der Waals surface area (Å²) < 4.78 is 0. The molecule has 0 N–H and O–H groups in total. The summed E-state index contributed by atoms with van der Waals surface area (Å²) in [5, 5.41) is 0. The van der Waals surface area contributed by atoms with Gasteiger partial charge in [0.2, 0.25) is 18.3 Å². The van der Waals surface area contributed by atoms with Gasteiger partial charge in [0, 0.05) is 5.56 Å². The standard InChI is InChI=1S/C9H5N2O2/c12-6-10-9(11-7-13)8-4-2-1-3-5-8/h1-5H. The number of benzene rings is 1. The molecule has 13 heavy (non-hydrogen) atoms. The highest BCUT2D eigenvalue weighted by atomic mass is 16.1. The molecule has 0 aromatic heterocycles. The van der Waals surface area contributed by atoms with Crippen molar-refractivity contribution in [2.75, 3.05) is 0 Å². The smallest absolute Gasteiger partial charge is 0.211 e. The molecule has 0 atom stereocenters. The molecule has 0 unspecified atom stereocenters. The topological polar surface area (TPSA) is 58.9 Å². The fraction of sp³-hybridized carbons (Fsp3) is 0. The second kappa shape index (κ2) is 4.78. The van der Waals surface area contributed by atoms with E-state index in [-0.39, 0.29) is 6.17 Å². The molecule has 0 saturated carbocycles. The Balaban J connectivity index is 3.01. The van der Waals surface area contributed by atoms with Gasteiger partial charge in [0.1, 0.15) is 0 Å². The number of nitrogens with zero attached hydrogens (tertiary/aromatic N) is 2. The molecule has 4 nitrogen and oxygen atoms in total. The van der Waals surface area contributed by atoms with Crippen molar-refractivity contribution in [3.8, 4) is 0 Å². The predicted octanol–water partition coefficient (Wildman–Crippen LogP) is 1.20. The van der Waals surface area contributed by atoms with Crippen LogP contribution in [0, 0.1) is 6.17 Å². The summed E-state index contributed by atoms with van der Waals surface area (Å²) in [5.41, 5.74) is 0.578. The van der Waals surface area contributed by atoms with E-state index in [9.17, 15) is 9.59 Å². The van der Waals surface area contributed by atoms with E-state index in [1.54, 1.807) is 30.3 Å². The first-order chi connectivity index (χ1) is 6.38. The number of isocyanates is 2. The van der Waals surface area contributed by atoms with E-state index in [4.69, 9.17) is 0 Å². The molecule has 0 heterocycles. The molecule has 0 aliphatic rings. The number of rotatable bonds is 3. The Bertz CT molecular complexity index is 344. The zero-order valence-corrected chi connectivity index (χ0v) is 6.60. The van der Waals surface area contributed by atoms with Crippen LogP contribution in [0.1, 0.15) is 5.56 Å². The molecule has 1 aromatic rings. The molecule has 0 fully saturated rings. The predicted molar refractivity (Wildman–Crippen MR) is 45.0 cm³/mol. The van der Waals surface area contributed by atoms with Crippen LogP contribution in [-0.2, 0) is 9.59 Å². The SMILES string of the molecule is O=C=N[C](N=C=O)c1ccccc1. The maximum Gasteiger partial charge on any atom is 0.250 e. The van der Waals surface area contributed by atoms with Gasteiger partial charge in [0.25, 0.3) is 0 Å². The normalized spacial score (nSPS) is 8.69. The van der Waals surface area contributed by atoms with Crippen LogP contribution >= 0.6 is 0 Å². The maximum absolute atomic E-state index is 9.96. The first kappa shape index (κ1) is 9.07. The van der Waals surface area contributed by atoms with Gasteiger partial charge in [-0.1, -0.05) is 30.3 Å². The van der Waals surface area contributed by atoms with Crippen molar-refractivity contribution in [2.45, 2.75) is 0 Å². The molecule has 0 spiro atoms. The Morgan fingerprint density at radius 1 is 1.00 bits per heavy atom. The van der Waals surface area contributed by atoms with Crippen LogP contribution in [0.15, 0.2) is 40.3 Å². The molecule has 1 radical (unpaired) electrons. The van der Waals surface area contributed by atoms with E-state index in [0.29, 0.717) is 5.56 Å². The Labute approximate surface area is 74.6 Å². The second-order valence-electron chi connectivity index (χ2n) is 2.10. The average Bonchev–Trinajstić information content (AvgIpc) is 2.19. The van der Waals surface area contributed by atoms with Crippen LogP contribution in [0.3, 0.4) is 0 Å². The first-order valence-corrected chi connectivity index (χ1v) is 3.46. The Morgan fingerprint density at radius 3 is 2.00 bits per heavy atom. The fourth-order valence-corrected chi connectivity index (χ4v) is 0.828. The molecular formula is C9H5N2O2. The van der Waals surface area contributed by atoms with Gasteiger partial charge in [-0.15, -0.1) is 0 Å². The van der Waals surface area contributed by atoms with Gasteiger partial charge in [0.15, 0.2) is 0 Å². The highest BCUT2D eigenvalue weighted by Crippen LogP contribution is 2.15. The van der Waals surface area contributed by atoms with Crippen molar-refractivity contribution in [1.29, 1.82) is 0 Å². The van der Waals surface area contributed by atoms with Crippen LogP contribution in [-0.4, -0.2) is 12.2 Å². The second-order valence-corrected chi connectivity index (χ2v) is 2.10. The maximum atomic E-state index is 9.96. The quantitative estimate of drug-likeness (QED) is 0.509. The number of hydrogen-bond acceptors (Lipinski definition) is 4. The highest BCUT2D eigenvalue weighted by Gasteiger charge is 2.08. The number of carbonyl (C=O) groups excluding carboxylic acids is 2. The lowest BCUT2D eigenvalue weighted by Crippen LogP contribution is -1.91. The van der Waals surface area contributed by atoms with Gasteiger partial charge in [-0.2, -0.15) is 9.98 Å². The van der Waals surface area contributed by atoms with Crippen molar-refractivity contribution in [3.05, 3.63) is 42.1 Å². The molecule has 0 amide bonds. The molecule has 63 valence electrons. The highest BCUT2D eigenvalue weighted by molar-refractivity contribution is 5.45. The van der Waals surface area contributed by atoms with Crippen LogP contribution in [0.5, 0.6) is 0 Å². The zero-order chi connectivity index (χ0) is 9.52. The third-order valence-corrected chi connectivity index (χ3v) is 1.34. The molecule has 4 heteroatoms. The van der Waals surface area contributed by atoms with E-state index in [1.165, 1.54) is 12.2 Å². The number of hydrogen-bond donors (Lipinski definition) is 0. The lowest BCUT2D eigenvalue weighted by atomic mass is 10.2. The van der Waals surface area contributed by atoms with Crippen molar-refractivity contribution in [1.82, 2.24) is 0 Å². The minimum Gasteiger partial charge on any atom is -0.211 e. The average molecular weight is 173 g/mol. The van der Waals surface area contributed by atoms with Gasteiger partial charge < -0.3 is 0 Å². The Kier molecular flexibility index (Phi) is 3.33. The third kappa shape index (κ3) is 2.49. The summed E-state index contributed by atoms with van der Waals surface area (Å²) in [6.45, 7) is 0. The van der Waals surface area contributed by atoms with E-state index in [2.05, 4.69) is 9.98 Å². The van der Waals surface area contributed by atoms with Gasteiger partial charge in [0.05, 0.1) is 0 Å². The van der Waals surface area contributed by atoms with Crippen LogP contribution in [0.25, 0.3) is 0 Å². The summed E-state index contributed by atoms with van der Waals surface area (Å²) in [4.78, 5) is 26.5. The van der Waals surface area contributed by atoms with E-state index >= 15 is 0 Å². The molecule has 1 rings (SSSR count). The summed E-state index contributed by atoms with van der Waals surface area (Å²) in [6.07, 6.45) is 2.65. The third-order valence-electron chi connectivity index (χ3n) is 1.34. The van der Waals surface area contributed by atoms with Gasteiger partial charge in [-0.25, -0.2) is 9.59 Å².